The minimum Gasteiger partial charge on any atom is -0.496 e. The number of methoxy groups -OCH3 is 1. The quantitative estimate of drug-likeness (QED) is 0.810. The van der Waals surface area contributed by atoms with Crippen LogP contribution in [0.4, 0.5) is 0 Å². The van der Waals surface area contributed by atoms with Crippen LogP contribution in [-0.4, -0.2) is 61.8 Å². The van der Waals surface area contributed by atoms with Crippen molar-refractivity contribution in [1.82, 2.24) is 14.2 Å². The van der Waals surface area contributed by atoms with Crippen LogP contribution in [0.1, 0.15) is 15.9 Å². The third-order valence-corrected chi connectivity index (χ3v) is 6.35. The van der Waals surface area contributed by atoms with Crippen LogP contribution in [0.25, 0.3) is 0 Å². The first-order valence-corrected chi connectivity index (χ1v) is 9.71. The number of rotatable bonds is 4. The zero-order valence-corrected chi connectivity index (χ0v) is 15.6. The Labute approximate surface area is 153 Å². The Morgan fingerprint density at radius 3 is 2.31 bits per heavy atom. The van der Waals surface area contributed by atoms with Crippen LogP contribution in [0.15, 0.2) is 47.6 Å². The molecule has 26 heavy (non-hydrogen) atoms. The van der Waals surface area contributed by atoms with Crippen LogP contribution in [0.5, 0.6) is 5.75 Å². The molecule has 2 aromatic rings. The van der Waals surface area contributed by atoms with Crippen LogP contribution in [0.2, 0.25) is 0 Å². The molecule has 0 bridgehead atoms. The standard InChI is InChI=1S/C18H21N3O4S/c1-14-13-16(3-4-17(14)25-2)26(23,24)21-11-9-20(10-12-21)18(22)15-5-7-19-8-6-15/h3-8,13H,9-12H2,1-2H3. The third kappa shape index (κ3) is 3.56. The summed E-state index contributed by atoms with van der Waals surface area (Å²) in [5, 5.41) is 0. The molecule has 1 aliphatic heterocycles. The van der Waals surface area contributed by atoms with Gasteiger partial charge in [0, 0.05) is 44.1 Å². The maximum absolute atomic E-state index is 12.9. The summed E-state index contributed by atoms with van der Waals surface area (Å²) in [6, 6.07) is 8.14. The van der Waals surface area contributed by atoms with Crippen molar-refractivity contribution >= 4 is 15.9 Å². The van der Waals surface area contributed by atoms with Gasteiger partial charge in [-0.25, -0.2) is 8.42 Å². The van der Waals surface area contributed by atoms with Crippen molar-refractivity contribution in [3.05, 3.63) is 53.9 Å². The lowest BCUT2D eigenvalue weighted by Crippen LogP contribution is -2.50. The molecule has 7 nitrogen and oxygen atoms in total. The van der Waals surface area contributed by atoms with Gasteiger partial charge in [-0.2, -0.15) is 4.31 Å². The van der Waals surface area contributed by atoms with Gasteiger partial charge in [-0.05, 0) is 42.8 Å². The van der Waals surface area contributed by atoms with Gasteiger partial charge in [0.05, 0.1) is 12.0 Å². The minimum absolute atomic E-state index is 0.107. The summed E-state index contributed by atoms with van der Waals surface area (Å²) in [6.45, 7) is 3.06. The number of pyridine rings is 1. The number of hydrogen-bond donors (Lipinski definition) is 0. The Morgan fingerprint density at radius 1 is 1.08 bits per heavy atom. The van der Waals surface area contributed by atoms with Crippen LogP contribution < -0.4 is 4.74 Å². The summed E-state index contributed by atoms with van der Waals surface area (Å²) in [7, 11) is -2.04. The highest BCUT2D eigenvalue weighted by Gasteiger charge is 2.30. The molecule has 138 valence electrons. The van der Waals surface area contributed by atoms with Crippen molar-refractivity contribution in [3.63, 3.8) is 0 Å². The number of aryl methyl sites for hydroxylation is 1. The number of ether oxygens (including phenoxy) is 1. The highest BCUT2D eigenvalue weighted by atomic mass is 32.2. The summed E-state index contributed by atoms with van der Waals surface area (Å²) in [6.07, 6.45) is 3.14. The maximum Gasteiger partial charge on any atom is 0.254 e. The highest BCUT2D eigenvalue weighted by molar-refractivity contribution is 7.89. The normalized spacial score (nSPS) is 15.7. The summed E-state index contributed by atoms with van der Waals surface area (Å²) < 4.78 is 32.3. The molecule has 0 saturated carbocycles. The summed E-state index contributed by atoms with van der Waals surface area (Å²) >= 11 is 0. The van der Waals surface area contributed by atoms with Gasteiger partial charge < -0.3 is 9.64 Å². The first kappa shape index (κ1) is 18.3. The van der Waals surface area contributed by atoms with E-state index in [9.17, 15) is 13.2 Å². The number of hydrogen-bond acceptors (Lipinski definition) is 5. The molecule has 0 spiro atoms. The number of aromatic nitrogens is 1. The second-order valence-corrected chi connectivity index (χ2v) is 8.00. The van der Waals surface area contributed by atoms with E-state index in [2.05, 4.69) is 4.98 Å². The Kier molecular flexibility index (Phi) is 5.24. The molecule has 1 amide bonds. The molecular weight excluding hydrogens is 354 g/mol. The molecular formula is C18H21N3O4S. The summed E-state index contributed by atoms with van der Waals surface area (Å²) in [5.74, 6) is 0.543. The molecule has 1 saturated heterocycles. The van der Waals surface area contributed by atoms with Crippen LogP contribution >= 0.6 is 0 Å². The molecule has 0 unspecified atom stereocenters. The summed E-state index contributed by atoms with van der Waals surface area (Å²) in [4.78, 5) is 18.3. The van der Waals surface area contributed by atoms with Gasteiger partial charge >= 0.3 is 0 Å². The topological polar surface area (TPSA) is 79.8 Å². The predicted octanol–water partition coefficient (Wildman–Crippen LogP) is 1.55. The molecule has 0 radical (unpaired) electrons. The number of sulfonamides is 1. The van der Waals surface area contributed by atoms with Crippen molar-refractivity contribution in [1.29, 1.82) is 0 Å². The Morgan fingerprint density at radius 2 is 1.73 bits per heavy atom. The monoisotopic (exact) mass is 375 g/mol. The van der Waals surface area contributed by atoms with Gasteiger partial charge in [-0.1, -0.05) is 0 Å². The van der Waals surface area contributed by atoms with E-state index in [0.29, 0.717) is 24.4 Å². The lowest BCUT2D eigenvalue weighted by molar-refractivity contribution is 0.0698. The fourth-order valence-electron chi connectivity index (χ4n) is 2.97. The van der Waals surface area contributed by atoms with Crippen LogP contribution in [-0.2, 0) is 10.0 Å². The molecule has 0 N–H and O–H groups in total. The second-order valence-electron chi connectivity index (χ2n) is 6.06. The predicted molar refractivity (Wildman–Crippen MR) is 96.6 cm³/mol. The molecule has 1 aliphatic rings. The van der Waals surface area contributed by atoms with E-state index in [1.54, 1.807) is 54.7 Å². The molecule has 2 heterocycles. The Balaban J connectivity index is 1.71. The van der Waals surface area contributed by atoms with Gasteiger partial charge in [-0.15, -0.1) is 0 Å². The summed E-state index contributed by atoms with van der Waals surface area (Å²) in [5.41, 5.74) is 1.32. The third-order valence-electron chi connectivity index (χ3n) is 4.46. The largest absolute Gasteiger partial charge is 0.496 e. The minimum atomic E-state index is -3.59. The van der Waals surface area contributed by atoms with Crippen molar-refractivity contribution in [3.8, 4) is 5.75 Å². The van der Waals surface area contributed by atoms with E-state index in [1.165, 1.54) is 4.31 Å². The van der Waals surface area contributed by atoms with Gasteiger partial charge in [-0.3, -0.25) is 9.78 Å². The van der Waals surface area contributed by atoms with E-state index in [0.717, 1.165) is 5.56 Å². The molecule has 0 aliphatic carbocycles. The lowest BCUT2D eigenvalue weighted by Gasteiger charge is -2.34. The molecule has 0 atom stereocenters. The number of carbonyl (C=O) groups is 1. The number of piperazine rings is 1. The molecule has 1 fully saturated rings. The van der Waals surface area contributed by atoms with Crippen molar-refractivity contribution < 1.29 is 17.9 Å². The number of nitrogens with zero attached hydrogens (tertiary/aromatic N) is 3. The Hall–Kier alpha value is -2.45. The molecule has 1 aromatic heterocycles. The molecule has 3 rings (SSSR count). The van der Waals surface area contributed by atoms with Crippen LogP contribution in [0, 0.1) is 6.92 Å². The maximum atomic E-state index is 12.9. The smallest absolute Gasteiger partial charge is 0.254 e. The second kappa shape index (κ2) is 7.43. The number of carbonyl (C=O) groups excluding carboxylic acids is 1. The first-order valence-electron chi connectivity index (χ1n) is 8.27. The Bertz CT molecular complexity index is 892. The zero-order valence-electron chi connectivity index (χ0n) is 14.8. The highest BCUT2D eigenvalue weighted by Crippen LogP contribution is 2.24. The lowest BCUT2D eigenvalue weighted by atomic mass is 10.2. The van der Waals surface area contributed by atoms with Crippen molar-refractivity contribution in [2.24, 2.45) is 0 Å². The SMILES string of the molecule is COc1ccc(S(=O)(=O)N2CCN(C(=O)c3ccncc3)CC2)cc1C. The van der Waals surface area contributed by atoms with Crippen molar-refractivity contribution in [2.75, 3.05) is 33.3 Å². The fourth-order valence-corrected chi connectivity index (χ4v) is 4.48. The van der Waals surface area contributed by atoms with Crippen LogP contribution in [0.3, 0.4) is 0 Å². The number of amides is 1. The van der Waals surface area contributed by atoms with Gasteiger partial charge in [0.2, 0.25) is 10.0 Å². The van der Waals surface area contributed by atoms with E-state index in [4.69, 9.17) is 4.74 Å². The van der Waals surface area contributed by atoms with E-state index < -0.39 is 10.0 Å². The number of benzene rings is 1. The van der Waals surface area contributed by atoms with Crippen molar-refractivity contribution in [2.45, 2.75) is 11.8 Å². The zero-order chi connectivity index (χ0) is 18.7. The first-order chi connectivity index (χ1) is 12.4. The van der Waals surface area contributed by atoms with E-state index in [1.807, 2.05) is 6.92 Å². The average Bonchev–Trinajstić information content (AvgIpc) is 2.68. The molecule has 1 aromatic carbocycles. The van der Waals surface area contributed by atoms with Gasteiger partial charge in [0.15, 0.2) is 0 Å². The van der Waals surface area contributed by atoms with E-state index in [-0.39, 0.29) is 23.9 Å². The fraction of sp³-hybridized carbons (Fsp3) is 0.333. The van der Waals surface area contributed by atoms with E-state index >= 15 is 0 Å². The van der Waals surface area contributed by atoms with Gasteiger partial charge in [0.25, 0.3) is 5.91 Å². The average molecular weight is 375 g/mol. The molecule has 8 heteroatoms. The van der Waals surface area contributed by atoms with Gasteiger partial charge in [0.1, 0.15) is 5.75 Å².